The summed E-state index contributed by atoms with van der Waals surface area (Å²) in [5.74, 6) is 0. The van der Waals surface area contributed by atoms with Gasteiger partial charge in [0.25, 0.3) is 0 Å². The number of hydrogen-bond acceptors (Lipinski definition) is 2. The molecule has 3 nitrogen and oxygen atoms in total. The number of halogens is 1. The van der Waals surface area contributed by atoms with E-state index in [1.807, 2.05) is 30.5 Å². The van der Waals surface area contributed by atoms with E-state index in [1.165, 1.54) is 0 Å². The molecule has 18 heavy (non-hydrogen) atoms. The fourth-order valence-electron chi connectivity index (χ4n) is 1.88. The lowest BCUT2D eigenvalue weighted by atomic mass is 10.1. The Morgan fingerprint density at radius 1 is 1.17 bits per heavy atom. The maximum absolute atomic E-state index is 8.77. The van der Waals surface area contributed by atoms with Crippen molar-refractivity contribution in [3.8, 4) is 17.2 Å². The highest BCUT2D eigenvalue weighted by molar-refractivity contribution is 6.32. The second-order valence-electron chi connectivity index (χ2n) is 3.93. The molecule has 0 bridgehead atoms. The van der Waals surface area contributed by atoms with E-state index in [0.717, 1.165) is 22.2 Å². The Hall–Kier alpha value is -2.31. The van der Waals surface area contributed by atoms with E-state index in [0.29, 0.717) is 10.7 Å². The standard InChI is InChI=1S/C14H8ClN3/c15-14-11(7-13-12(18-14)5-6-17-13)10-3-1-9(8-16)2-4-10/h1-7,17H. The lowest BCUT2D eigenvalue weighted by Gasteiger charge is -2.04. The van der Waals surface area contributed by atoms with Gasteiger partial charge in [-0.15, -0.1) is 0 Å². The second kappa shape index (κ2) is 4.17. The van der Waals surface area contributed by atoms with Gasteiger partial charge >= 0.3 is 0 Å². The minimum Gasteiger partial charge on any atom is -0.360 e. The summed E-state index contributed by atoms with van der Waals surface area (Å²) in [4.78, 5) is 7.43. The van der Waals surface area contributed by atoms with Crippen molar-refractivity contribution in [2.45, 2.75) is 0 Å². The van der Waals surface area contributed by atoms with Crippen LogP contribution in [-0.4, -0.2) is 9.97 Å². The van der Waals surface area contributed by atoms with E-state index in [1.54, 1.807) is 12.1 Å². The molecule has 0 saturated heterocycles. The van der Waals surface area contributed by atoms with Crippen LogP contribution in [0.1, 0.15) is 5.56 Å². The molecule has 4 heteroatoms. The number of aromatic amines is 1. The first-order valence-corrected chi connectivity index (χ1v) is 5.80. The molecule has 1 N–H and O–H groups in total. The van der Waals surface area contributed by atoms with Crippen LogP contribution in [0.25, 0.3) is 22.2 Å². The highest BCUT2D eigenvalue weighted by atomic mass is 35.5. The van der Waals surface area contributed by atoms with Crippen LogP contribution in [0.2, 0.25) is 5.15 Å². The lowest BCUT2D eigenvalue weighted by Crippen LogP contribution is -1.85. The minimum atomic E-state index is 0.465. The van der Waals surface area contributed by atoms with Crippen LogP contribution >= 0.6 is 11.6 Å². The van der Waals surface area contributed by atoms with E-state index in [4.69, 9.17) is 16.9 Å². The van der Waals surface area contributed by atoms with Crippen molar-refractivity contribution < 1.29 is 0 Å². The van der Waals surface area contributed by atoms with E-state index in [-0.39, 0.29) is 0 Å². The van der Waals surface area contributed by atoms with Crippen molar-refractivity contribution in [3.63, 3.8) is 0 Å². The number of aromatic nitrogens is 2. The van der Waals surface area contributed by atoms with Crippen molar-refractivity contribution in [2.75, 3.05) is 0 Å². The summed E-state index contributed by atoms with van der Waals surface area (Å²) in [7, 11) is 0. The van der Waals surface area contributed by atoms with Crippen LogP contribution in [0, 0.1) is 11.3 Å². The van der Waals surface area contributed by atoms with Gasteiger partial charge in [-0.3, -0.25) is 0 Å². The highest BCUT2D eigenvalue weighted by Gasteiger charge is 2.07. The largest absolute Gasteiger partial charge is 0.360 e. The summed E-state index contributed by atoms with van der Waals surface area (Å²) in [6, 6.07) is 13.2. The van der Waals surface area contributed by atoms with Gasteiger partial charge in [0.2, 0.25) is 0 Å². The first kappa shape index (κ1) is 10.8. The third-order valence-corrected chi connectivity index (χ3v) is 3.10. The molecular weight excluding hydrogens is 246 g/mol. The average molecular weight is 254 g/mol. The predicted molar refractivity (Wildman–Crippen MR) is 71.3 cm³/mol. The van der Waals surface area contributed by atoms with Crippen LogP contribution in [-0.2, 0) is 0 Å². The number of rotatable bonds is 1. The molecule has 0 atom stereocenters. The number of fused-ring (bicyclic) bond motifs is 1. The van der Waals surface area contributed by atoms with Gasteiger partial charge in [0.15, 0.2) is 0 Å². The molecule has 3 rings (SSSR count). The molecule has 86 valence electrons. The molecule has 0 aliphatic heterocycles. The number of benzene rings is 1. The van der Waals surface area contributed by atoms with E-state index >= 15 is 0 Å². The van der Waals surface area contributed by atoms with Gasteiger partial charge in [-0.05, 0) is 29.8 Å². The fraction of sp³-hybridized carbons (Fsp3) is 0. The Bertz CT molecular complexity index is 751. The topological polar surface area (TPSA) is 52.5 Å². The maximum atomic E-state index is 8.77. The SMILES string of the molecule is N#Cc1ccc(-c2cc3[nH]ccc3nc2Cl)cc1. The highest BCUT2D eigenvalue weighted by Crippen LogP contribution is 2.29. The van der Waals surface area contributed by atoms with Gasteiger partial charge in [0.1, 0.15) is 5.15 Å². The minimum absolute atomic E-state index is 0.465. The fourth-order valence-corrected chi connectivity index (χ4v) is 2.14. The molecule has 0 spiro atoms. The molecule has 0 unspecified atom stereocenters. The van der Waals surface area contributed by atoms with Gasteiger partial charge in [-0.25, -0.2) is 4.98 Å². The second-order valence-corrected chi connectivity index (χ2v) is 4.28. The molecule has 2 heterocycles. The first-order chi connectivity index (χ1) is 8.78. The Morgan fingerprint density at radius 2 is 1.94 bits per heavy atom. The van der Waals surface area contributed by atoms with Crippen molar-refractivity contribution in [1.29, 1.82) is 5.26 Å². The zero-order valence-electron chi connectivity index (χ0n) is 9.31. The third-order valence-electron chi connectivity index (χ3n) is 2.81. The quantitative estimate of drug-likeness (QED) is 0.672. The molecule has 0 aliphatic rings. The summed E-state index contributed by atoms with van der Waals surface area (Å²) < 4.78 is 0. The van der Waals surface area contributed by atoms with Gasteiger partial charge in [0, 0.05) is 11.8 Å². The molecule has 0 aliphatic carbocycles. The maximum Gasteiger partial charge on any atom is 0.137 e. The number of nitrogens with one attached hydrogen (secondary N) is 1. The van der Waals surface area contributed by atoms with Gasteiger partial charge in [-0.1, -0.05) is 23.7 Å². The zero-order valence-corrected chi connectivity index (χ0v) is 10.1. The molecule has 0 saturated carbocycles. The van der Waals surface area contributed by atoms with Crippen LogP contribution < -0.4 is 0 Å². The molecule has 0 fully saturated rings. The number of pyridine rings is 1. The average Bonchev–Trinajstić information content (AvgIpc) is 2.85. The predicted octanol–water partition coefficient (Wildman–Crippen LogP) is 3.75. The van der Waals surface area contributed by atoms with Crippen LogP contribution in [0.5, 0.6) is 0 Å². The van der Waals surface area contributed by atoms with Crippen LogP contribution in [0.3, 0.4) is 0 Å². The van der Waals surface area contributed by atoms with Gasteiger partial charge in [-0.2, -0.15) is 5.26 Å². The normalized spacial score (nSPS) is 10.4. The summed E-state index contributed by atoms with van der Waals surface area (Å²) in [5, 5.41) is 9.24. The van der Waals surface area contributed by atoms with Crippen LogP contribution in [0.15, 0.2) is 42.6 Å². The Morgan fingerprint density at radius 3 is 2.67 bits per heavy atom. The van der Waals surface area contributed by atoms with Crippen molar-refractivity contribution in [3.05, 3.63) is 53.3 Å². The molecule has 2 aromatic heterocycles. The van der Waals surface area contributed by atoms with Crippen molar-refractivity contribution in [2.24, 2.45) is 0 Å². The summed E-state index contributed by atoms with van der Waals surface area (Å²) in [6.45, 7) is 0. The van der Waals surface area contributed by atoms with Crippen LogP contribution in [0.4, 0.5) is 0 Å². The number of nitriles is 1. The molecule has 0 amide bonds. The molecule has 3 aromatic rings. The van der Waals surface area contributed by atoms with Crippen molar-refractivity contribution >= 4 is 22.6 Å². The van der Waals surface area contributed by atoms with Gasteiger partial charge < -0.3 is 4.98 Å². The van der Waals surface area contributed by atoms with E-state index < -0.39 is 0 Å². The first-order valence-electron chi connectivity index (χ1n) is 5.42. The summed E-state index contributed by atoms with van der Waals surface area (Å²) in [6.07, 6.45) is 1.83. The van der Waals surface area contributed by atoms with E-state index in [2.05, 4.69) is 16.0 Å². The number of hydrogen-bond donors (Lipinski definition) is 1. The monoisotopic (exact) mass is 253 g/mol. The summed E-state index contributed by atoms with van der Waals surface area (Å²) >= 11 is 6.18. The smallest absolute Gasteiger partial charge is 0.137 e. The Labute approximate surface area is 109 Å². The number of H-pyrrole nitrogens is 1. The molecule has 1 aromatic carbocycles. The lowest BCUT2D eigenvalue weighted by molar-refractivity contribution is 1.40. The number of nitrogens with zero attached hydrogens (tertiary/aromatic N) is 2. The Kier molecular flexibility index (Phi) is 2.51. The summed E-state index contributed by atoms with van der Waals surface area (Å²) in [5.41, 5.74) is 4.22. The van der Waals surface area contributed by atoms with Crippen molar-refractivity contribution in [1.82, 2.24) is 9.97 Å². The molecular formula is C14H8ClN3. The molecule has 0 radical (unpaired) electrons. The Balaban J connectivity index is 2.17. The zero-order chi connectivity index (χ0) is 12.5. The van der Waals surface area contributed by atoms with Gasteiger partial charge in [0.05, 0.1) is 22.7 Å². The van der Waals surface area contributed by atoms with E-state index in [9.17, 15) is 0 Å². The third kappa shape index (κ3) is 1.73.